The van der Waals surface area contributed by atoms with Crippen molar-refractivity contribution in [3.05, 3.63) is 76.1 Å². The lowest BCUT2D eigenvalue weighted by Crippen LogP contribution is -2.21. The second-order valence-electron chi connectivity index (χ2n) is 6.03. The molecule has 0 saturated carbocycles. The molecule has 4 nitrogen and oxygen atoms in total. The smallest absolute Gasteiger partial charge is 0.244 e. The first-order valence-electron chi connectivity index (χ1n) is 8.25. The molecule has 0 bridgehead atoms. The van der Waals surface area contributed by atoms with Crippen molar-refractivity contribution in [1.29, 1.82) is 0 Å². The SMILES string of the molecule is C#CC1=C(N)Oc2n[nH]c(-c3ccccc3Cl)c2C1c1ccc(SC)cc1. The topological polar surface area (TPSA) is 63.9 Å². The number of hydrogen-bond donors (Lipinski definition) is 2. The van der Waals surface area contributed by atoms with Crippen LogP contribution in [0.4, 0.5) is 0 Å². The Morgan fingerprint density at radius 2 is 1.96 bits per heavy atom. The van der Waals surface area contributed by atoms with Crippen LogP contribution in [0, 0.1) is 12.3 Å². The molecule has 134 valence electrons. The van der Waals surface area contributed by atoms with E-state index in [1.165, 1.54) is 4.90 Å². The molecule has 1 aromatic heterocycles. The van der Waals surface area contributed by atoms with Crippen molar-refractivity contribution >= 4 is 23.4 Å². The number of nitrogens with zero attached hydrogens (tertiary/aromatic N) is 1. The first-order valence-corrected chi connectivity index (χ1v) is 9.85. The van der Waals surface area contributed by atoms with E-state index in [4.69, 9.17) is 28.5 Å². The molecule has 0 fully saturated rings. The summed E-state index contributed by atoms with van der Waals surface area (Å²) in [6, 6.07) is 15.8. The third kappa shape index (κ3) is 2.97. The molecule has 2 aromatic carbocycles. The van der Waals surface area contributed by atoms with E-state index in [-0.39, 0.29) is 11.8 Å². The number of aromatic amines is 1. The molecular formula is C21H16ClN3OS. The monoisotopic (exact) mass is 393 g/mol. The molecule has 0 saturated heterocycles. The Kier molecular flexibility index (Phi) is 4.61. The number of allylic oxidation sites excluding steroid dienone is 1. The molecule has 0 radical (unpaired) electrons. The number of rotatable bonds is 3. The highest BCUT2D eigenvalue weighted by Gasteiger charge is 2.35. The lowest BCUT2D eigenvalue weighted by molar-refractivity contribution is 0.379. The number of ether oxygens (including phenoxy) is 1. The molecule has 1 aliphatic rings. The summed E-state index contributed by atoms with van der Waals surface area (Å²) < 4.78 is 5.70. The summed E-state index contributed by atoms with van der Waals surface area (Å²) in [5, 5.41) is 7.97. The van der Waals surface area contributed by atoms with Crippen molar-refractivity contribution in [2.24, 2.45) is 5.73 Å². The van der Waals surface area contributed by atoms with Gasteiger partial charge in [-0.05, 0) is 30.0 Å². The second kappa shape index (κ2) is 7.07. The molecule has 27 heavy (non-hydrogen) atoms. The fourth-order valence-corrected chi connectivity index (χ4v) is 3.92. The first kappa shape index (κ1) is 17.6. The Morgan fingerprint density at radius 1 is 1.22 bits per heavy atom. The summed E-state index contributed by atoms with van der Waals surface area (Å²) in [6.45, 7) is 0. The number of fused-ring (bicyclic) bond motifs is 1. The second-order valence-corrected chi connectivity index (χ2v) is 7.31. The Bertz CT molecular complexity index is 1080. The average molecular weight is 394 g/mol. The third-order valence-corrected chi connectivity index (χ3v) is 5.64. The summed E-state index contributed by atoms with van der Waals surface area (Å²) in [6.07, 6.45) is 7.83. The normalized spacial score (nSPS) is 15.8. The Balaban J connectivity index is 1.94. The number of hydrogen-bond acceptors (Lipinski definition) is 4. The Morgan fingerprint density at radius 3 is 2.63 bits per heavy atom. The predicted octanol–water partition coefficient (Wildman–Crippen LogP) is 4.78. The molecule has 3 N–H and O–H groups in total. The number of nitrogens with one attached hydrogen (secondary N) is 1. The van der Waals surface area contributed by atoms with E-state index in [2.05, 4.69) is 40.4 Å². The van der Waals surface area contributed by atoms with Crippen LogP contribution in [-0.2, 0) is 0 Å². The number of halogens is 1. The summed E-state index contributed by atoms with van der Waals surface area (Å²) in [5.41, 5.74) is 10.1. The van der Waals surface area contributed by atoms with Gasteiger partial charge in [-0.25, -0.2) is 0 Å². The number of aromatic nitrogens is 2. The summed E-state index contributed by atoms with van der Waals surface area (Å²) in [7, 11) is 0. The Labute approximate surface area is 166 Å². The molecule has 1 unspecified atom stereocenters. The molecule has 0 amide bonds. The average Bonchev–Trinajstić information content (AvgIpc) is 3.10. The molecule has 0 spiro atoms. The van der Waals surface area contributed by atoms with Gasteiger partial charge in [-0.3, -0.25) is 5.10 Å². The minimum Gasteiger partial charge on any atom is -0.420 e. The van der Waals surface area contributed by atoms with E-state index >= 15 is 0 Å². The third-order valence-electron chi connectivity index (χ3n) is 4.57. The minimum absolute atomic E-state index is 0.196. The van der Waals surface area contributed by atoms with Gasteiger partial charge in [-0.2, -0.15) is 0 Å². The van der Waals surface area contributed by atoms with Crippen molar-refractivity contribution in [2.75, 3.05) is 6.26 Å². The summed E-state index contributed by atoms with van der Waals surface area (Å²) >= 11 is 8.10. The van der Waals surface area contributed by atoms with E-state index in [1.807, 2.05) is 30.5 Å². The van der Waals surface area contributed by atoms with Gasteiger partial charge in [-0.15, -0.1) is 23.3 Å². The zero-order chi connectivity index (χ0) is 19.0. The van der Waals surface area contributed by atoms with Gasteiger partial charge in [0.05, 0.1) is 22.7 Å². The van der Waals surface area contributed by atoms with Crippen LogP contribution in [0.15, 0.2) is 64.9 Å². The van der Waals surface area contributed by atoms with Crippen LogP contribution < -0.4 is 10.5 Å². The molecule has 2 heterocycles. The van der Waals surface area contributed by atoms with Gasteiger partial charge in [0.2, 0.25) is 11.8 Å². The first-order chi connectivity index (χ1) is 13.1. The van der Waals surface area contributed by atoms with Gasteiger partial charge < -0.3 is 10.5 Å². The van der Waals surface area contributed by atoms with Crippen molar-refractivity contribution in [2.45, 2.75) is 10.8 Å². The van der Waals surface area contributed by atoms with Crippen LogP contribution in [0.2, 0.25) is 5.02 Å². The molecular weight excluding hydrogens is 378 g/mol. The van der Waals surface area contributed by atoms with E-state index in [0.29, 0.717) is 16.5 Å². The molecule has 0 aliphatic carbocycles. The molecule has 1 aliphatic heterocycles. The van der Waals surface area contributed by atoms with Gasteiger partial charge in [0.15, 0.2) is 0 Å². The highest BCUT2D eigenvalue weighted by Crippen LogP contribution is 2.46. The fraction of sp³-hybridized carbons (Fsp3) is 0.0952. The highest BCUT2D eigenvalue weighted by molar-refractivity contribution is 7.98. The van der Waals surface area contributed by atoms with Crippen LogP contribution in [0.1, 0.15) is 17.0 Å². The van der Waals surface area contributed by atoms with Gasteiger partial charge >= 0.3 is 0 Å². The van der Waals surface area contributed by atoms with Crippen LogP contribution in [0.5, 0.6) is 5.88 Å². The highest BCUT2D eigenvalue weighted by atomic mass is 35.5. The summed E-state index contributed by atoms with van der Waals surface area (Å²) in [4.78, 5) is 1.17. The van der Waals surface area contributed by atoms with Crippen molar-refractivity contribution < 1.29 is 4.74 Å². The van der Waals surface area contributed by atoms with Gasteiger partial charge in [-0.1, -0.05) is 47.9 Å². The number of H-pyrrole nitrogens is 1. The van der Waals surface area contributed by atoms with Crippen LogP contribution >= 0.6 is 23.4 Å². The fourth-order valence-electron chi connectivity index (χ4n) is 3.28. The van der Waals surface area contributed by atoms with E-state index in [0.717, 1.165) is 22.4 Å². The number of nitrogens with two attached hydrogens (primary N) is 1. The molecule has 4 rings (SSSR count). The largest absolute Gasteiger partial charge is 0.420 e. The van der Waals surface area contributed by atoms with E-state index in [9.17, 15) is 0 Å². The van der Waals surface area contributed by atoms with Gasteiger partial charge in [0.25, 0.3) is 0 Å². The van der Waals surface area contributed by atoms with Crippen LogP contribution in [0.25, 0.3) is 11.3 Å². The van der Waals surface area contributed by atoms with Crippen LogP contribution in [0.3, 0.4) is 0 Å². The Hall–Kier alpha value is -2.81. The standard InChI is InChI=1S/C21H16ClN3OS/c1-3-14-17(12-8-10-13(27-2)11-9-12)18-19(15-6-4-5-7-16(15)22)24-25-21(18)26-20(14)23/h1,4-11,17H,23H2,2H3,(H,24,25). The summed E-state index contributed by atoms with van der Waals surface area (Å²) in [5.74, 6) is 3.05. The number of thioether (sulfide) groups is 1. The molecule has 3 aromatic rings. The van der Waals surface area contributed by atoms with Crippen molar-refractivity contribution in [3.63, 3.8) is 0 Å². The zero-order valence-electron chi connectivity index (χ0n) is 14.5. The molecule has 1 atom stereocenters. The lowest BCUT2D eigenvalue weighted by atomic mass is 9.83. The quantitative estimate of drug-likeness (QED) is 0.496. The lowest BCUT2D eigenvalue weighted by Gasteiger charge is -2.25. The zero-order valence-corrected chi connectivity index (χ0v) is 16.1. The molecule has 6 heteroatoms. The minimum atomic E-state index is -0.264. The van der Waals surface area contributed by atoms with E-state index < -0.39 is 0 Å². The maximum Gasteiger partial charge on any atom is 0.244 e. The van der Waals surface area contributed by atoms with Gasteiger partial charge in [0.1, 0.15) is 0 Å². The van der Waals surface area contributed by atoms with Gasteiger partial charge in [0, 0.05) is 15.5 Å². The van der Waals surface area contributed by atoms with E-state index in [1.54, 1.807) is 11.8 Å². The maximum absolute atomic E-state index is 6.42. The number of benzene rings is 2. The van der Waals surface area contributed by atoms with Crippen molar-refractivity contribution in [3.8, 4) is 29.5 Å². The van der Waals surface area contributed by atoms with Crippen LogP contribution in [-0.4, -0.2) is 16.5 Å². The maximum atomic E-state index is 6.42. The van der Waals surface area contributed by atoms with Crippen molar-refractivity contribution in [1.82, 2.24) is 10.2 Å². The predicted molar refractivity (Wildman–Crippen MR) is 110 cm³/mol. The number of terminal acetylenes is 1.